The van der Waals surface area contributed by atoms with E-state index in [1.807, 2.05) is 36.4 Å². The molecule has 0 unspecified atom stereocenters. The van der Waals surface area contributed by atoms with Crippen LogP contribution in [0.15, 0.2) is 54.6 Å². The van der Waals surface area contributed by atoms with Crippen molar-refractivity contribution in [2.45, 2.75) is 0 Å². The molecule has 10 nitrogen and oxygen atoms in total. The molecule has 1 amide bonds. The molecule has 0 aliphatic carbocycles. The fourth-order valence-corrected chi connectivity index (χ4v) is 4.25. The first-order valence-electron chi connectivity index (χ1n) is 10.4. The summed E-state index contributed by atoms with van der Waals surface area (Å²) in [6, 6.07) is 16.6. The Morgan fingerprint density at radius 2 is 1.88 bits per heavy atom. The third kappa shape index (κ3) is 4.20. The second-order valence-electron chi connectivity index (χ2n) is 7.13. The summed E-state index contributed by atoms with van der Waals surface area (Å²) in [6.07, 6.45) is 0. The number of methoxy groups -OCH3 is 2. The summed E-state index contributed by atoms with van der Waals surface area (Å²) < 4.78 is 19.0. The maximum atomic E-state index is 12.4. The van der Waals surface area contributed by atoms with Crippen molar-refractivity contribution < 1.29 is 19.0 Å². The number of carbonyl (C=O) groups is 1. The zero-order valence-corrected chi connectivity index (χ0v) is 19.2. The quantitative estimate of drug-likeness (QED) is 0.340. The highest BCUT2D eigenvalue weighted by Gasteiger charge is 2.14. The number of nitrogens with one attached hydrogen (secondary N) is 1. The Hall–Kier alpha value is -4.25. The van der Waals surface area contributed by atoms with Gasteiger partial charge in [-0.05, 0) is 36.4 Å². The Morgan fingerprint density at radius 3 is 2.71 bits per heavy atom. The van der Waals surface area contributed by atoms with Crippen molar-refractivity contribution in [3.8, 4) is 28.8 Å². The molecule has 172 valence electrons. The molecule has 3 aromatic heterocycles. The van der Waals surface area contributed by atoms with Crippen LogP contribution in [0.3, 0.4) is 0 Å². The number of carbonyl (C=O) groups excluding carboxylic acids is 1. The van der Waals surface area contributed by atoms with Crippen molar-refractivity contribution in [1.29, 1.82) is 0 Å². The highest BCUT2D eigenvalue weighted by molar-refractivity contribution is 7.20. The van der Waals surface area contributed by atoms with E-state index < -0.39 is 0 Å². The number of nitrogens with zero attached hydrogens (tertiary/aromatic N) is 5. The third-order valence-electron chi connectivity index (χ3n) is 5.01. The van der Waals surface area contributed by atoms with Crippen LogP contribution in [0.1, 0.15) is 9.80 Å². The summed E-state index contributed by atoms with van der Waals surface area (Å²) >= 11 is 1.36. The SMILES string of the molecule is COc1ccc(-c2nnc3ccc(OCCNC(=O)c4nc5ccccc5s4)nn23)cc1OC. The van der Waals surface area contributed by atoms with Crippen LogP contribution in [-0.4, -0.2) is 58.1 Å². The second-order valence-corrected chi connectivity index (χ2v) is 8.16. The number of amides is 1. The third-order valence-corrected chi connectivity index (χ3v) is 6.04. The molecule has 0 atom stereocenters. The number of thiazole rings is 1. The molecule has 5 rings (SSSR count). The van der Waals surface area contributed by atoms with Gasteiger partial charge < -0.3 is 19.5 Å². The lowest BCUT2D eigenvalue weighted by molar-refractivity contribution is 0.0946. The molecule has 5 aromatic rings. The van der Waals surface area contributed by atoms with Crippen molar-refractivity contribution >= 4 is 33.1 Å². The molecule has 34 heavy (non-hydrogen) atoms. The van der Waals surface area contributed by atoms with Crippen molar-refractivity contribution in [2.24, 2.45) is 0 Å². The van der Waals surface area contributed by atoms with Crippen molar-refractivity contribution in [3.63, 3.8) is 0 Å². The Bertz CT molecular complexity index is 1450. The summed E-state index contributed by atoms with van der Waals surface area (Å²) in [6.45, 7) is 0.544. The van der Waals surface area contributed by atoms with Gasteiger partial charge in [0.1, 0.15) is 6.61 Å². The monoisotopic (exact) mass is 476 g/mol. The van der Waals surface area contributed by atoms with Gasteiger partial charge >= 0.3 is 0 Å². The van der Waals surface area contributed by atoms with Crippen LogP contribution < -0.4 is 19.5 Å². The van der Waals surface area contributed by atoms with Crippen LogP contribution in [0.25, 0.3) is 27.3 Å². The van der Waals surface area contributed by atoms with E-state index in [0.29, 0.717) is 40.4 Å². The van der Waals surface area contributed by atoms with Crippen molar-refractivity contribution in [1.82, 2.24) is 30.1 Å². The first kappa shape index (κ1) is 21.6. The van der Waals surface area contributed by atoms with Gasteiger partial charge in [-0.2, -0.15) is 4.52 Å². The van der Waals surface area contributed by atoms with Gasteiger partial charge in [0.05, 0.1) is 31.0 Å². The van der Waals surface area contributed by atoms with E-state index in [9.17, 15) is 4.79 Å². The molecule has 0 radical (unpaired) electrons. The number of benzene rings is 2. The van der Waals surface area contributed by atoms with Crippen LogP contribution in [0.4, 0.5) is 0 Å². The normalized spacial score (nSPS) is 11.0. The number of hydrogen-bond acceptors (Lipinski definition) is 9. The Morgan fingerprint density at radius 1 is 1.03 bits per heavy atom. The fraction of sp³-hybridized carbons (Fsp3) is 0.174. The summed E-state index contributed by atoms with van der Waals surface area (Å²) in [5.41, 5.74) is 2.14. The van der Waals surface area contributed by atoms with Crippen LogP contribution in [0.2, 0.25) is 0 Å². The predicted molar refractivity (Wildman–Crippen MR) is 127 cm³/mol. The van der Waals surface area contributed by atoms with E-state index in [1.54, 1.807) is 36.9 Å². The average Bonchev–Trinajstić information content (AvgIpc) is 3.50. The second kappa shape index (κ2) is 9.32. The molecular formula is C23H20N6O4S. The number of aromatic nitrogens is 5. The van der Waals surface area contributed by atoms with Crippen LogP contribution in [0, 0.1) is 0 Å². The highest BCUT2D eigenvalue weighted by atomic mass is 32.1. The standard InChI is InChI=1S/C23H20N6O4S/c1-31-16-8-7-14(13-17(16)32-2)21-27-26-19-9-10-20(28-29(19)21)33-12-11-24-22(30)23-25-15-5-3-4-6-18(15)34-23/h3-10,13H,11-12H2,1-2H3,(H,24,30). The Labute approximate surface area is 198 Å². The molecule has 0 aliphatic rings. The average molecular weight is 477 g/mol. The van der Waals surface area contributed by atoms with E-state index >= 15 is 0 Å². The van der Waals surface area contributed by atoms with Gasteiger partial charge in [0, 0.05) is 11.6 Å². The topological polar surface area (TPSA) is 113 Å². The summed E-state index contributed by atoms with van der Waals surface area (Å²) in [4.78, 5) is 16.7. The van der Waals surface area contributed by atoms with Crippen LogP contribution in [0.5, 0.6) is 17.4 Å². The van der Waals surface area contributed by atoms with Crippen molar-refractivity contribution in [2.75, 3.05) is 27.4 Å². The number of hydrogen-bond donors (Lipinski definition) is 1. The van der Waals surface area contributed by atoms with E-state index in [-0.39, 0.29) is 12.5 Å². The van der Waals surface area contributed by atoms with Crippen molar-refractivity contribution in [3.05, 3.63) is 59.6 Å². The van der Waals surface area contributed by atoms with Gasteiger partial charge in [0.15, 0.2) is 28.0 Å². The molecule has 11 heteroatoms. The van der Waals surface area contributed by atoms with E-state index in [2.05, 4.69) is 25.6 Å². The van der Waals surface area contributed by atoms with Gasteiger partial charge in [-0.3, -0.25) is 4.79 Å². The van der Waals surface area contributed by atoms with Gasteiger partial charge in [0.25, 0.3) is 5.91 Å². The maximum absolute atomic E-state index is 12.4. The first-order chi connectivity index (χ1) is 16.7. The van der Waals surface area contributed by atoms with Gasteiger partial charge in [-0.25, -0.2) is 4.98 Å². The summed E-state index contributed by atoms with van der Waals surface area (Å²) in [5, 5.41) is 16.1. The molecule has 3 heterocycles. The molecule has 0 saturated heterocycles. The highest BCUT2D eigenvalue weighted by Crippen LogP contribution is 2.31. The summed E-state index contributed by atoms with van der Waals surface area (Å²) in [5.74, 6) is 1.87. The molecule has 0 aliphatic heterocycles. The lowest BCUT2D eigenvalue weighted by atomic mass is 10.2. The molecule has 0 fully saturated rings. The Kier molecular flexibility index (Phi) is 5.91. The minimum absolute atomic E-state index is 0.234. The zero-order valence-electron chi connectivity index (χ0n) is 18.4. The number of ether oxygens (including phenoxy) is 3. The molecule has 1 N–H and O–H groups in total. The lowest BCUT2D eigenvalue weighted by Crippen LogP contribution is -2.28. The van der Waals surface area contributed by atoms with Gasteiger partial charge in [-0.15, -0.1) is 26.6 Å². The molecule has 0 spiro atoms. The van der Waals surface area contributed by atoms with E-state index in [0.717, 1.165) is 15.8 Å². The van der Waals surface area contributed by atoms with Crippen LogP contribution >= 0.6 is 11.3 Å². The number of para-hydroxylation sites is 1. The number of fused-ring (bicyclic) bond motifs is 2. The molecule has 2 aromatic carbocycles. The fourth-order valence-electron chi connectivity index (χ4n) is 3.37. The van der Waals surface area contributed by atoms with Crippen LogP contribution in [-0.2, 0) is 0 Å². The molecule has 0 saturated carbocycles. The minimum Gasteiger partial charge on any atom is -0.493 e. The molecular weight excluding hydrogens is 456 g/mol. The minimum atomic E-state index is -0.234. The van der Waals surface area contributed by atoms with Gasteiger partial charge in [-0.1, -0.05) is 12.1 Å². The first-order valence-corrected chi connectivity index (χ1v) is 11.2. The van der Waals surface area contributed by atoms with E-state index in [4.69, 9.17) is 14.2 Å². The zero-order chi connectivity index (χ0) is 23.5. The van der Waals surface area contributed by atoms with Gasteiger partial charge in [0.2, 0.25) is 5.88 Å². The summed E-state index contributed by atoms with van der Waals surface area (Å²) in [7, 11) is 3.15. The number of rotatable bonds is 8. The smallest absolute Gasteiger partial charge is 0.280 e. The predicted octanol–water partition coefficient (Wildman–Crippen LogP) is 3.23. The Balaban J connectivity index is 1.25. The lowest BCUT2D eigenvalue weighted by Gasteiger charge is -2.09. The molecule has 0 bridgehead atoms. The maximum Gasteiger partial charge on any atom is 0.280 e. The largest absolute Gasteiger partial charge is 0.493 e. The van der Waals surface area contributed by atoms with E-state index in [1.165, 1.54) is 11.3 Å².